The molecule has 4 rings (SSSR count). The fourth-order valence-electron chi connectivity index (χ4n) is 2.67. The van der Waals surface area contributed by atoms with Gasteiger partial charge in [0.25, 0.3) is 0 Å². The lowest BCUT2D eigenvalue weighted by molar-refractivity contribution is 0.612. The third-order valence-electron chi connectivity index (χ3n) is 4.00. The lowest BCUT2D eigenvalue weighted by atomic mass is 10.1. The van der Waals surface area contributed by atoms with Gasteiger partial charge in [0.15, 0.2) is 5.65 Å². The summed E-state index contributed by atoms with van der Waals surface area (Å²) in [6.45, 7) is 0.396. The van der Waals surface area contributed by atoms with Crippen molar-refractivity contribution in [2.24, 2.45) is 7.05 Å². The first kappa shape index (κ1) is 13.2. The van der Waals surface area contributed by atoms with Gasteiger partial charge < -0.3 is 5.32 Å². The molecule has 2 heterocycles. The SMILES string of the molecule is Cn1cc2c(NCc3cc(C4CC4)ccc3F)ncnc2n1. The Morgan fingerprint density at radius 1 is 1.32 bits per heavy atom. The fraction of sp³-hybridized carbons (Fsp3) is 0.312. The van der Waals surface area contributed by atoms with Crippen molar-refractivity contribution in [1.82, 2.24) is 19.7 Å². The van der Waals surface area contributed by atoms with Gasteiger partial charge in [-0.15, -0.1) is 0 Å². The third kappa shape index (κ3) is 2.41. The Bertz CT molecular complexity index is 838. The second kappa shape index (κ2) is 5.05. The zero-order valence-corrected chi connectivity index (χ0v) is 12.3. The van der Waals surface area contributed by atoms with Crippen LogP contribution < -0.4 is 5.32 Å². The summed E-state index contributed by atoms with van der Waals surface area (Å²) in [5, 5.41) is 8.28. The Morgan fingerprint density at radius 3 is 3.00 bits per heavy atom. The molecule has 22 heavy (non-hydrogen) atoms. The number of nitrogens with one attached hydrogen (secondary N) is 1. The van der Waals surface area contributed by atoms with Crippen LogP contribution in [0.2, 0.25) is 0 Å². The van der Waals surface area contributed by atoms with Crippen LogP contribution in [0.4, 0.5) is 10.2 Å². The smallest absolute Gasteiger partial charge is 0.186 e. The molecule has 0 amide bonds. The van der Waals surface area contributed by atoms with E-state index in [2.05, 4.69) is 20.4 Å². The van der Waals surface area contributed by atoms with E-state index in [1.54, 1.807) is 10.7 Å². The molecule has 1 aromatic carbocycles. The molecule has 0 spiro atoms. The molecule has 6 heteroatoms. The highest BCUT2D eigenvalue weighted by atomic mass is 19.1. The topological polar surface area (TPSA) is 55.6 Å². The quantitative estimate of drug-likeness (QED) is 0.804. The van der Waals surface area contributed by atoms with Crippen LogP contribution in [0.25, 0.3) is 11.0 Å². The molecule has 0 bridgehead atoms. The molecule has 0 unspecified atom stereocenters. The monoisotopic (exact) mass is 297 g/mol. The molecule has 0 radical (unpaired) electrons. The summed E-state index contributed by atoms with van der Waals surface area (Å²) < 4.78 is 15.7. The maximum absolute atomic E-state index is 14.0. The van der Waals surface area contributed by atoms with Crippen molar-refractivity contribution < 1.29 is 4.39 Å². The van der Waals surface area contributed by atoms with E-state index in [9.17, 15) is 4.39 Å². The first-order valence-corrected chi connectivity index (χ1v) is 7.37. The van der Waals surface area contributed by atoms with E-state index in [1.165, 1.54) is 24.7 Å². The summed E-state index contributed by atoms with van der Waals surface area (Å²) in [5.74, 6) is 1.10. The number of aryl methyl sites for hydroxylation is 1. The van der Waals surface area contributed by atoms with Gasteiger partial charge in [0.05, 0.1) is 5.39 Å². The van der Waals surface area contributed by atoms with Crippen LogP contribution in [-0.4, -0.2) is 19.7 Å². The lowest BCUT2D eigenvalue weighted by Gasteiger charge is -2.09. The normalized spacial score (nSPS) is 14.5. The number of nitrogens with zero attached hydrogens (tertiary/aromatic N) is 4. The predicted octanol–water partition coefficient (Wildman–Crippen LogP) is 2.99. The maximum atomic E-state index is 14.0. The summed E-state index contributed by atoms with van der Waals surface area (Å²) >= 11 is 0. The van der Waals surface area contributed by atoms with Crippen molar-refractivity contribution in [2.45, 2.75) is 25.3 Å². The van der Waals surface area contributed by atoms with Gasteiger partial charge in [-0.2, -0.15) is 5.10 Å². The highest BCUT2D eigenvalue weighted by molar-refractivity contribution is 5.85. The average Bonchev–Trinajstić information content (AvgIpc) is 3.27. The van der Waals surface area contributed by atoms with Gasteiger partial charge >= 0.3 is 0 Å². The number of anilines is 1. The first-order valence-electron chi connectivity index (χ1n) is 7.37. The molecule has 1 aliphatic carbocycles. The summed E-state index contributed by atoms with van der Waals surface area (Å²) in [5.41, 5.74) is 2.53. The molecule has 0 saturated heterocycles. The van der Waals surface area contributed by atoms with Crippen LogP contribution in [0.3, 0.4) is 0 Å². The van der Waals surface area contributed by atoms with Crippen LogP contribution in [-0.2, 0) is 13.6 Å². The minimum atomic E-state index is -0.187. The van der Waals surface area contributed by atoms with Crippen molar-refractivity contribution in [2.75, 3.05) is 5.32 Å². The first-order chi connectivity index (χ1) is 10.7. The number of halogens is 1. The molecule has 1 fully saturated rings. The van der Waals surface area contributed by atoms with E-state index in [1.807, 2.05) is 25.4 Å². The van der Waals surface area contributed by atoms with Gasteiger partial charge in [-0.25, -0.2) is 14.4 Å². The Labute approximate surface area is 127 Å². The molecule has 2 aromatic heterocycles. The summed E-state index contributed by atoms with van der Waals surface area (Å²) in [4.78, 5) is 8.36. The minimum absolute atomic E-state index is 0.187. The van der Waals surface area contributed by atoms with Gasteiger partial charge in [0.1, 0.15) is 18.0 Å². The van der Waals surface area contributed by atoms with Crippen molar-refractivity contribution in [3.63, 3.8) is 0 Å². The molecular formula is C16H16FN5. The van der Waals surface area contributed by atoms with Crippen molar-refractivity contribution in [3.05, 3.63) is 47.7 Å². The molecule has 3 aromatic rings. The predicted molar refractivity (Wildman–Crippen MR) is 82.0 cm³/mol. The maximum Gasteiger partial charge on any atom is 0.186 e. The van der Waals surface area contributed by atoms with Crippen molar-refractivity contribution in [1.29, 1.82) is 0 Å². The minimum Gasteiger partial charge on any atom is -0.365 e. The van der Waals surface area contributed by atoms with E-state index >= 15 is 0 Å². The van der Waals surface area contributed by atoms with E-state index < -0.39 is 0 Å². The summed E-state index contributed by atoms with van der Waals surface area (Å²) in [7, 11) is 1.84. The second-order valence-corrected chi connectivity index (χ2v) is 5.74. The number of aromatic nitrogens is 4. The molecule has 112 valence electrons. The van der Waals surface area contributed by atoms with E-state index in [0.29, 0.717) is 29.5 Å². The Kier molecular flexibility index (Phi) is 3.03. The summed E-state index contributed by atoms with van der Waals surface area (Å²) in [6, 6.07) is 5.41. The molecule has 1 aliphatic rings. The summed E-state index contributed by atoms with van der Waals surface area (Å²) in [6.07, 6.45) is 5.74. The lowest BCUT2D eigenvalue weighted by Crippen LogP contribution is -2.04. The van der Waals surface area contributed by atoms with Gasteiger partial charge in [0.2, 0.25) is 0 Å². The largest absolute Gasteiger partial charge is 0.365 e. The third-order valence-corrected chi connectivity index (χ3v) is 4.00. The van der Waals surface area contributed by atoms with Crippen molar-refractivity contribution in [3.8, 4) is 0 Å². The van der Waals surface area contributed by atoms with Crippen LogP contribution >= 0.6 is 0 Å². The fourth-order valence-corrected chi connectivity index (χ4v) is 2.67. The molecule has 0 aliphatic heterocycles. The molecule has 1 N–H and O–H groups in total. The van der Waals surface area contributed by atoms with Crippen LogP contribution in [0.5, 0.6) is 0 Å². The highest BCUT2D eigenvalue weighted by Crippen LogP contribution is 2.40. The number of fused-ring (bicyclic) bond motifs is 1. The van der Waals surface area contributed by atoms with Crippen LogP contribution in [0, 0.1) is 5.82 Å². The van der Waals surface area contributed by atoms with Crippen molar-refractivity contribution >= 4 is 16.9 Å². The number of rotatable bonds is 4. The van der Waals surface area contributed by atoms with Crippen LogP contribution in [0.1, 0.15) is 29.9 Å². The number of benzene rings is 1. The highest BCUT2D eigenvalue weighted by Gasteiger charge is 2.24. The average molecular weight is 297 g/mol. The van der Waals surface area contributed by atoms with E-state index in [-0.39, 0.29) is 5.82 Å². The zero-order valence-electron chi connectivity index (χ0n) is 12.3. The molecular weight excluding hydrogens is 281 g/mol. The number of hydrogen-bond acceptors (Lipinski definition) is 4. The zero-order chi connectivity index (χ0) is 15.1. The van der Waals surface area contributed by atoms with Gasteiger partial charge in [-0.3, -0.25) is 4.68 Å². The number of hydrogen-bond donors (Lipinski definition) is 1. The van der Waals surface area contributed by atoms with Gasteiger partial charge in [0, 0.05) is 25.4 Å². The standard InChI is InChI=1S/C16H16FN5/c1-22-8-13-15(19-9-20-16(13)21-22)18-7-12-6-11(10-2-3-10)4-5-14(12)17/h4-6,8-10H,2-3,7H2,1H3,(H,18,19,20,21). The van der Waals surface area contributed by atoms with Crippen LogP contribution in [0.15, 0.2) is 30.7 Å². The van der Waals surface area contributed by atoms with E-state index in [0.717, 1.165) is 5.39 Å². The van der Waals surface area contributed by atoms with E-state index in [4.69, 9.17) is 0 Å². The Hall–Kier alpha value is -2.50. The van der Waals surface area contributed by atoms with Gasteiger partial charge in [-0.1, -0.05) is 12.1 Å². The molecule has 5 nitrogen and oxygen atoms in total. The second-order valence-electron chi connectivity index (χ2n) is 5.74. The molecule has 1 saturated carbocycles. The Balaban J connectivity index is 1.60. The Morgan fingerprint density at radius 2 is 2.18 bits per heavy atom. The van der Waals surface area contributed by atoms with Gasteiger partial charge in [-0.05, 0) is 30.4 Å². The molecule has 0 atom stereocenters.